The molecule has 44 valence electrons. The van der Waals surface area contributed by atoms with Crippen LogP contribution in [0.1, 0.15) is 5.76 Å². The van der Waals surface area contributed by atoms with Crippen LogP contribution in [-0.2, 0) is 0 Å². The summed E-state index contributed by atoms with van der Waals surface area (Å²) in [5, 5.41) is 0. The number of hydrogen-bond acceptors (Lipinski definition) is 2. The molecule has 1 heterocycles. The Balaban J connectivity index is 3.28. The zero-order valence-electron chi connectivity index (χ0n) is 4.63. The van der Waals surface area contributed by atoms with Gasteiger partial charge in [-0.1, -0.05) is 6.07 Å². The number of rotatable bonds is 0. The largest absolute Gasteiger partial charge is 0.414 e. The van der Waals surface area contributed by atoms with Crippen LogP contribution in [-0.4, -0.2) is 0 Å². The summed E-state index contributed by atoms with van der Waals surface area (Å²) < 4.78 is 4.53. The SMILES string of the molecule is C#Cc1cccc(=O)o1. The van der Waals surface area contributed by atoms with Gasteiger partial charge < -0.3 is 4.42 Å². The molecule has 0 aliphatic heterocycles. The lowest BCUT2D eigenvalue weighted by atomic mass is 10.4. The van der Waals surface area contributed by atoms with Crippen LogP contribution in [0.25, 0.3) is 0 Å². The Morgan fingerprint density at radius 3 is 2.78 bits per heavy atom. The van der Waals surface area contributed by atoms with Crippen molar-refractivity contribution in [3.05, 3.63) is 34.4 Å². The summed E-state index contributed by atoms with van der Waals surface area (Å²) in [4.78, 5) is 10.4. The zero-order valence-corrected chi connectivity index (χ0v) is 4.63. The van der Waals surface area contributed by atoms with Crippen molar-refractivity contribution in [2.45, 2.75) is 0 Å². The van der Waals surface area contributed by atoms with Crippen LogP contribution in [0.15, 0.2) is 27.4 Å². The molecule has 0 spiro atoms. The summed E-state index contributed by atoms with van der Waals surface area (Å²) in [6.45, 7) is 0. The molecule has 0 fully saturated rings. The first-order valence-electron chi connectivity index (χ1n) is 2.40. The van der Waals surface area contributed by atoms with Crippen LogP contribution >= 0.6 is 0 Å². The predicted octanol–water partition coefficient (Wildman–Crippen LogP) is 0.621. The second-order valence-electron chi connectivity index (χ2n) is 1.46. The molecule has 0 saturated heterocycles. The standard InChI is InChI=1S/C7H4O2/c1-2-6-4-3-5-7(8)9-6/h1,3-5H. The number of terminal acetylenes is 1. The van der Waals surface area contributed by atoms with E-state index in [0.717, 1.165) is 0 Å². The molecule has 1 aromatic rings. The van der Waals surface area contributed by atoms with Gasteiger partial charge in [0.25, 0.3) is 0 Å². The monoisotopic (exact) mass is 120 g/mol. The summed E-state index contributed by atoms with van der Waals surface area (Å²) in [7, 11) is 0. The van der Waals surface area contributed by atoms with Gasteiger partial charge in [-0.2, -0.15) is 0 Å². The van der Waals surface area contributed by atoms with E-state index in [0.29, 0.717) is 0 Å². The third-order valence-corrected chi connectivity index (χ3v) is 0.833. The zero-order chi connectivity index (χ0) is 6.69. The van der Waals surface area contributed by atoms with Gasteiger partial charge in [-0.3, -0.25) is 0 Å². The van der Waals surface area contributed by atoms with Gasteiger partial charge in [-0.25, -0.2) is 4.79 Å². The summed E-state index contributed by atoms with van der Waals surface area (Å²) >= 11 is 0. The highest BCUT2D eigenvalue weighted by atomic mass is 16.4. The van der Waals surface area contributed by atoms with Crippen LogP contribution in [0.3, 0.4) is 0 Å². The highest BCUT2D eigenvalue weighted by Gasteiger charge is 1.86. The van der Waals surface area contributed by atoms with E-state index >= 15 is 0 Å². The first-order chi connectivity index (χ1) is 4.33. The van der Waals surface area contributed by atoms with Crippen molar-refractivity contribution in [1.82, 2.24) is 0 Å². The van der Waals surface area contributed by atoms with E-state index in [-0.39, 0.29) is 5.76 Å². The average molecular weight is 120 g/mol. The van der Waals surface area contributed by atoms with Gasteiger partial charge in [0, 0.05) is 6.07 Å². The Bertz CT molecular complexity index is 290. The van der Waals surface area contributed by atoms with E-state index in [1.54, 1.807) is 12.1 Å². The molecule has 0 N–H and O–H groups in total. The fourth-order valence-electron chi connectivity index (χ4n) is 0.468. The van der Waals surface area contributed by atoms with Crippen molar-refractivity contribution < 1.29 is 4.42 Å². The normalized spacial score (nSPS) is 8.33. The summed E-state index contributed by atoms with van der Waals surface area (Å²) in [6, 6.07) is 4.42. The molecule has 0 aliphatic rings. The van der Waals surface area contributed by atoms with Gasteiger partial charge in [-0.05, 0) is 12.0 Å². The van der Waals surface area contributed by atoms with E-state index in [1.165, 1.54) is 6.07 Å². The third kappa shape index (κ3) is 1.20. The van der Waals surface area contributed by atoms with E-state index in [1.807, 2.05) is 0 Å². The van der Waals surface area contributed by atoms with Crippen LogP contribution in [0.2, 0.25) is 0 Å². The maximum absolute atomic E-state index is 10.4. The quantitative estimate of drug-likeness (QED) is 0.470. The second kappa shape index (κ2) is 2.19. The third-order valence-electron chi connectivity index (χ3n) is 0.833. The van der Waals surface area contributed by atoms with Crippen LogP contribution in [0.4, 0.5) is 0 Å². The van der Waals surface area contributed by atoms with Crippen LogP contribution in [0, 0.1) is 12.3 Å². The highest BCUT2D eigenvalue weighted by molar-refractivity contribution is 5.19. The Kier molecular flexibility index (Phi) is 1.37. The molecule has 0 aliphatic carbocycles. The number of hydrogen-bond donors (Lipinski definition) is 0. The van der Waals surface area contributed by atoms with Crippen molar-refractivity contribution in [1.29, 1.82) is 0 Å². The Labute approximate surface area is 52.1 Å². The molecule has 1 aromatic heterocycles. The predicted molar refractivity (Wildman–Crippen MR) is 32.9 cm³/mol. The second-order valence-corrected chi connectivity index (χ2v) is 1.46. The molecule has 2 heteroatoms. The molecule has 0 radical (unpaired) electrons. The van der Waals surface area contributed by atoms with Crippen molar-refractivity contribution in [2.75, 3.05) is 0 Å². The van der Waals surface area contributed by atoms with E-state index < -0.39 is 5.63 Å². The average Bonchev–Trinajstić information content (AvgIpc) is 1.88. The molecule has 2 nitrogen and oxygen atoms in total. The first kappa shape index (κ1) is 5.64. The minimum atomic E-state index is -0.412. The lowest BCUT2D eigenvalue weighted by Gasteiger charge is -1.82. The van der Waals surface area contributed by atoms with E-state index in [4.69, 9.17) is 6.42 Å². The maximum atomic E-state index is 10.4. The fourth-order valence-corrected chi connectivity index (χ4v) is 0.468. The van der Waals surface area contributed by atoms with Crippen molar-refractivity contribution in [2.24, 2.45) is 0 Å². The van der Waals surface area contributed by atoms with Crippen molar-refractivity contribution >= 4 is 0 Å². The van der Waals surface area contributed by atoms with Crippen molar-refractivity contribution in [3.8, 4) is 12.3 Å². The molecule has 0 saturated carbocycles. The molecular formula is C7H4O2. The van der Waals surface area contributed by atoms with Gasteiger partial charge in [0.1, 0.15) is 0 Å². The van der Waals surface area contributed by atoms with Gasteiger partial charge >= 0.3 is 5.63 Å². The van der Waals surface area contributed by atoms with Gasteiger partial charge in [-0.15, -0.1) is 6.42 Å². The molecule has 0 unspecified atom stereocenters. The van der Waals surface area contributed by atoms with Crippen molar-refractivity contribution in [3.63, 3.8) is 0 Å². The summed E-state index contributed by atoms with van der Waals surface area (Å²) in [5.74, 6) is 2.47. The molecule has 0 bridgehead atoms. The lowest BCUT2D eigenvalue weighted by Crippen LogP contribution is -1.94. The topological polar surface area (TPSA) is 30.2 Å². The molecule has 9 heavy (non-hydrogen) atoms. The van der Waals surface area contributed by atoms with Gasteiger partial charge in [0.15, 0.2) is 5.76 Å². The minimum absolute atomic E-state index is 0.266. The Morgan fingerprint density at radius 1 is 1.56 bits per heavy atom. The molecule has 0 amide bonds. The fraction of sp³-hybridized carbons (Fsp3) is 0. The lowest BCUT2D eigenvalue weighted by molar-refractivity contribution is 0.499. The first-order valence-corrected chi connectivity index (χ1v) is 2.40. The molecule has 1 rings (SSSR count). The van der Waals surface area contributed by atoms with Crippen LogP contribution < -0.4 is 5.63 Å². The smallest absolute Gasteiger partial charge is 0.336 e. The maximum Gasteiger partial charge on any atom is 0.336 e. The summed E-state index contributed by atoms with van der Waals surface area (Å²) in [5.41, 5.74) is -0.412. The van der Waals surface area contributed by atoms with Gasteiger partial charge in [0.2, 0.25) is 0 Å². The molecule has 0 atom stereocenters. The minimum Gasteiger partial charge on any atom is -0.414 e. The van der Waals surface area contributed by atoms with Gasteiger partial charge in [0.05, 0.1) is 0 Å². The Morgan fingerprint density at radius 2 is 2.33 bits per heavy atom. The summed E-state index contributed by atoms with van der Waals surface area (Å²) in [6.07, 6.45) is 4.94. The van der Waals surface area contributed by atoms with E-state index in [2.05, 4.69) is 10.3 Å². The highest BCUT2D eigenvalue weighted by Crippen LogP contribution is 1.88. The molecular weight excluding hydrogens is 116 g/mol. The molecule has 0 aromatic carbocycles. The van der Waals surface area contributed by atoms with Crippen LogP contribution in [0.5, 0.6) is 0 Å². The Hall–Kier alpha value is -1.49. The van der Waals surface area contributed by atoms with E-state index in [9.17, 15) is 4.79 Å².